The minimum Gasteiger partial charge on any atom is -0.392 e. The highest BCUT2D eigenvalue weighted by Crippen LogP contribution is 2.11. The molecule has 0 spiro atoms. The van der Waals surface area contributed by atoms with Gasteiger partial charge in [0.15, 0.2) is 5.03 Å². The Morgan fingerprint density at radius 3 is 2.55 bits per heavy atom. The van der Waals surface area contributed by atoms with Crippen LogP contribution in [0.15, 0.2) is 23.4 Å². The Hall–Kier alpha value is -1.02. The second kappa shape index (κ2) is 7.68. The number of hydrogen-bond donors (Lipinski definition) is 2. The molecular formula is C13H22N2O4S. The molecule has 0 amide bonds. The molecule has 7 heteroatoms. The number of sulfonamides is 1. The van der Waals surface area contributed by atoms with E-state index in [0.717, 1.165) is 0 Å². The molecule has 2 N–H and O–H groups in total. The second-order valence-corrected chi connectivity index (χ2v) is 6.45. The first-order chi connectivity index (χ1) is 9.40. The molecule has 1 atom stereocenters. The minimum absolute atomic E-state index is 0.0585. The highest BCUT2D eigenvalue weighted by molar-refractivity contribution is 7.89. The topological polar surface area (TPSA) is 88.5 Å². The summed E-state index contributed by atoms with van der Waals surface area (Å²) in [6.07, 6.45) is 1.35. The summed E-state index contributed by atoms with van der Waals surface area (Å²) in [5.74, 6) is 0.105. The molecule has 20 heavy (non-hydrogen) atoms. The molecule has 1 aromatic rings. The highest BCUT2D eigenvalue weighted by atomic mass is 32.2. The van der Waals surface area contributed by atoms with Gasteiger partial charge in [-0.2, -0.15) is 0 Å². The predicted molar refractivity (Wildman–Crippen MR) is 75.6 cm³/mol. The summed E-state index contributed by atoms with van der Waals surface area (Å²) >= 11 is 0. The van der Waals surface area contributed by atoms with Gasteiger partial charge in [-0.3, -0.25) is 0 Å². The van der Waals surface area contributed by atoms with E-state index in [9.17, 15) is 8.42 Å². The Labute approximate surface area is 120 Å². The monoisotopic (exact) mass is 302 g/mol. The third-order valence-electron chi connectivity index (χ3n) is 2.87. The quantitative estimate of drug-likeness (QED) is 0.745. The molecule has 0 bridgehead atoms. The summed E-state index contributed by atoms with van der Waals surface area (Å²) in [6, 6.07) is 2.61. The number of rotatable bonds is 8. The van der Waals surface area contributed by atoms with Gasteiger partial charge in [-0.15, -0.1) is 0 Å². The van der Waals surface area contributed by atoms with Crippen LogP contribution in [0.25, 0.3) is 0 Å². The van der Waals surface area contributed by atoms with Crippen molar-refractivity contribution in [3.63, 3.8) is 0 Å². The lowest BCUT2D eigenvalue weighted by atomic mass is 10.1. The van der Waals surface area contributed by atoms with Gasteiger partial charge in [0.05, 0.1) is 13.2 Å². The highest BCUT2D eigenvalue weighted by Gasteiger charge is 2.23. The standard InChI is InChI=1S/C13H22N2O4S/c1-4-19-9-12(10(2)3)15-20(17,18)13-6-5-11(8-16)7-14-13/h5-7,10,12,15-16H,4,8-9H2,1-3H3. The van der Waals surface area contributed by atoms with Crippen LogP contribution >= 0.6 is 0 Å². The Kier molecular flexibility index (Phi) is 6.54. The summed E-state index contributed by atoms with van der Waals surface area (Å²) in [7, 11) is -3.68. The number of hydrogen-bond acceptors (Lipinski definition) is 5. The van der Waals surface area contributed by atoms with Crippen molar-refractivity contribution in [2.45, 2.75) is 38.4 Å². The Bertz CT molecular complexity index is 500. The van der Waals surface area contributed by atoms with Crippen LogP contribution in [0.3, 0.4) is 0 Å². The summed E-state index contributed by atoms with van der Waals surface area (Å²) in [6.45, 7) is 6.40. The van der Waals surface area contributed by atoms with E-state index in [4.69, 9.17) is 9.84 Å². The number of ether oxygens (including phenoxy) is 1. The summed E-state index contributed by atoms with van der Waals surface area (Å²) in [5.41, 5.74) is 0.568. The van der Waals surface area contributed by atoms with Gasteiger partial charge in [-0.25, -0.2) is 18.1 Å². The molecule has 0 saturated carbocycles. The zero-order valence-corrected chi connectivity index (χ0v) is 12.9. The molecule has 1 aromatic heterocycles. The molecule has 0 aliphatic carbocycles. The van der Waals surface area contributed by atoms with E-state index in [1.807, 2.05) is 20.8 Å². The van der Waals surface area contributed by atoms with Gasteiger partial charge in [-0.05, 0) is 24.5 Å². The van der Waals surface area contributed by atoms with Gasteiger partial charge in [0.2, 0.25) is 0 Å². The van der Waals surface area contributed by atoms with Crippen LogP contribution in [0, 0.1) is 5.92 Å². The van der Waals surface area contributed by atoms with Crippen LogP contribution in [0.1, 0.15) is 26.3 Å². The maximum atomic E-state index is 12.2. The minimum atomic E-state index is -3.68. The lowest BCUT2D eigenvalue weighted by Crippen LogP contribution is -2.42. The average Bonchev–Trinajstić information content (AvgIpc) is 2.43. The van der Waals surface area contributed by atoms with E-state index in [1.54, 1.807) is 0 Å². The van der Waals surface area contributed by atoms with Crippen molar-refractivity contribution >= 4 is 10.0 Å². The van der Waals surface area contributed by atoms with Gasteiger partial charge in [0, 0.05) is 18.8 Å². The zero-order chi connectivity index (χ0) is 15.2. The van der Waals surface area contributed by atoms with Crippen molar-refractivity contribution in [2.75, 3.05) is 13.2 Å². The van der Waals surface area contributed by atoms with Gasteiger partial charge in [-0.1, -0.05) is 19.9 Å². The molecule has 0 aliphatic heterocycles. The molecule has 0 aromatic carbocycles. The Morgan fingerprint density at radius 1 is 1.40 bits per heavy atom. The van der Waals surface area contributed by atoms with Gasteiger partial charge in [0.1, 0.15) is 0 Å². The van der Waals surface area contributed by atoms with Crippen molar-refractivity contribution in [3.8, 4) is 0 Å². The third-order valence-corrected chi connectivity index (χ3v) is 4.27. The molecule has 1 rings (SSSR count). The average molecular weight is 302 g/mol. The predicted octanol–water partition coefficient (Wildman–Crippen LogP) is 0.913. The van der Waals surface area contributed by atoms with E-state index in [0.29, 0.717) is 18.8 Å². The largest absolute Gasteiger partial charge is 0.392 e. The smallest absolute Gasteiger partial charge is 0.258 e. The molecule has 6 nitrogen and oxygen atoms in total. The number of aromatic nitrogens is 1. The van der Waals surface area contributed by atoms with Crippen LogP contribution in [-0.2, 0) is 21.4 Å². The van der Waals surface area contributed by atoms with Gasteiger partial charge >= 0.3 is 0 Å². The lowest BCUT2D eigenvalue weighted by Gasteiger charge is -2.21. The summed E-state index contributed by atoms with van der Waals surface area (Å²) in [4.78, 5) is 3.86. The fourth-order valence-electron chi connectivity index (χ4n) is 1.53. The molecule has 1 heterocycles. The second-order valence-electron chi connectivity index (χ2n) is 4.79. The molecule has 0 saturated heterocycles. The molecular weight excluding hydrogens is 280 g/mol. The van der Waals surface area contributed by atoms with Gasteiger partial charge in [0.25, 0.3) is 10.0 Å². The van der Waals surface area contributed by atoms with E-state index in [-0.39, 0.29) is 23.6 Å². The number of aliphatic hydroxyl groups is 1. The van der Waals surface area contributed by atoms with Crippen molar-refractivity contribution in [3.05, 3.63) is 23.9 Å². The van der Waals surface area contributed by atoms with Crippen LogP contribution in [0.2, 0.25) is 0 Å². The maximum Gasteiger partial charge on any atom is 0.258 e. The SMILES string of the molecule is CCOCC(NS(=O)(=O)c1ccc(CO)cn1)C(C)C. The normalized spacial score (nSPS) is 13.7. The molecule has 0 fully saturated rings. The fraction of sp³-hybridized carbons (Fsp3) is 0.615. The summed E-state index contributed by atoms with van der Waals surface area (Å²) in [5, 5.41) is 8.87. The van der Waals surface area contributed by atoms with Crippen LogP contribution in [0.4, 0.5) is 0 Å². The number of aliphatic hydroxyl groups excluding tert-OH is 1. The van der Waals surface area contributed by atoms with Crippen molar-refractivity contribution in [1.29, 1.82) is 0 Å². The van der Waals surface area contributed by atoms with Crippen molar-refractivity contribution in [1.82, 2.24) is 9.71 Å². The van der Waals surface area contributed by atoms with Crippen molar-refractivity contribution < 1.29 is 18.3 Å². The van der Waals surface area contributed by atoms with Crippen LogP contribution in [-0.4, -0.2) is 37.8 Å². The first-order valence-corrected chi connectivity index (χ1v) is 8.05. The first kappa shape index (κ1) is 17.0. The van der Waals surface area contributed by atoms with Crippen LogP contribution < -0.4 is 4.72 Å². The number of pyridine rings is 1. The summed E-state index contributed by atoms with van der Waals surface area (Å²) < 4.78 is 32.3. The molecule has 1 unspecified atom stereocenters. The van der Waals surface area contributed by atoms with Crippen molar-refractivity contribution in [2.24, 2.45) is 5.92 Å². The third kappa shape index (κ3) is 4.82. The van der Waals surface area contributed by atoms with E-state index < -0.39 is 10.0 Å². The van der Waals surface area contributed by atoms with E-state index in [2.05, 4.69) is 9.71 Å². The van der Waals surface area contributed by atoms with E-state index in [1.165, 1.54) is 18.3 Å². The maximum absolute atomic E-state index is 12.2. The zero-order valence-electron chi connectivity index (χ0n) is 12.0. The number of nitrogens with one attached hydrogen (secondary N) is 1. The lowest BCUT2D eigenvalue weighted by molar-refractivity contribution is 0.116. The molecule has 0 aliphatic rings. The van der Waals surface area contributed by atoms with Gasteiger partial charge < -0.3 is 9.84 Å². The first-order valence-electron chi connectivity index (χ1n) is 6.56. The Balaban J connectivity index is 2.85. The Morgan fingerprint density at radius 2 is 2.10 bits per heavy atom. The van der Waals surface area contributed by atoms with Crippen LogP contribution in [0.5, 0.6) is 0 Å². The molecule has 114 valence electrons. The number of nitrogens with zero attached hydrogens (tertiary/aromatic N) is 1. The molecule has 0 radical (unpaired) electrons. The fourth-order valence-corrected chi connectivity index (χ4v) is 2.83. The van der Waals surface area contributed by atoms with E-state index >= 15 is 0 Å².